The number of sulfonamides is 1. The van der Waals surface area contributed by atoms with E-state index >= 15 is 0 Å². The second-order valence-corrected chi connectivity index (χ2v) is 5.88. The summed E-state index contributed by atoms with van der Waals surface area (Å²) in [6, 6.07) is 0.577. The highest BCUT2D eigenvalue weighted by Crippen LogP contribution is 2.22. The monoisotopic (exact) mass is 204 g/mol. The minimum Gasteiger partial charge on any atom is -0.311 e. The molecule has 0 radical (unpaired) electrons. The third-order valence-corrected chi connectivity index (χ3v) is 4.92. The second-order valence-electron chi connectivity index (χ2n) is 3.84. The van der Waals surface area contributed by atoms with Gasteiger partial charge in [0.2, 0.25) is 10.0 Å². The van der Waals surface area contributed by atoms with Crippen LogP contribution in [-0.4, -0.2) is 43.6 Å². The van der Waals surface area contributed by atoms with Crippen molar-refractivity contribution in [1.29, 1.82) is 0 Å². The SMILES string of the molecule is CCC1CNC2CCS(=O)(=O)N1C2. The number of nitrogens with one attached hydrogen (secondary N) is 1. The van der Waals surface area contributed by atoms with Gasteiger partial charge in [-0.25, -0.2) is 8.42 Å². The van der Waals surface area contributed by atoms with Crippen LogP contribution in [0, 0.1) is 0 Å². The van der Waals surface area contributed by atoms with E-state index in [1.807, 2.05) is 6.92 Å². The first-order valence-corrected chi connectivity index (χ1v) is 6.47. The van der Waals surface area contributed by atoms with Crippen LogP contribution >= 0.6 is 0 Å². The molecule has 2 saturated heterocycles. The molecule has 2 aliphatic heterocycles. The van der Waals surface area contributed by atoms with Gasteiger partial charge in [0.1, 0.15) is 0 Å². The van der Waals surface area contributed by atoms with Crippen LogP contribution in [0.15, 0.2) is 0 Å². The Labute approximate surface area is 79.4 Å². The topological polar surface area (TPSA) is 49.4 Å². The summed E-state index contributed by atoms with van der Waals surface area (Å²) >= 11 is 0. The number of hydrogen-bond donors (Lipinski definition) is 1. The smallest absolute Gasteiger partial charge is 0.214 e. The lowest BCUT2D eigenvalue weighted by Crippen LogP contribution is -2.61. The Hall–Kier alpha value is -0.130. The summed E-state index contributed by atoms with van der Waals surface area (Å²) in [6.07, 6.45) is 1.67. The Bertz CT molecular complexity index is 289. The predicted octanol–water partition coefficient (Wildman–Crippen LogP) is -0.228. The molecular weight excluding hydrogens is 188 g/mol. The molecule has 0 amide bonds. The Morgan fingerprint density at radius 1 is 1.54 bits per heavy atom. The van der Waals surface area contributed by atoms with Gasteiger partial charge in [-0.3, -0.25) is 0 Å². The standard InChI is InChI=1S/C8H16N2O2S/c1-2-8-5-9-7-3-4-13(11,12)10(8)6-7/h7-9H,2-6H2,1H3. The molecule has 0 spiro atoms. The van der Waals surface area contributed by atoms with E-state index in [9.17, 15) is 8.42 Å². The molecule has 2 heterocycles. The molecule has 3 unspecified atom stereocenters. The molecule has 13 heavy (non-hydrogen) atoms. The Morgan fingerprint density at radius 3 is 3.00 bits per heavy atom. The quantitative estimate of drug-likeness (QED) is 0.642. The van der Waals surface area contributed by atoms with Crippen LogP contribution in [0.4, 0.5) is 0 Å². The second kappa shape index (κ2) is 3.22. The summed E-state index contributed by atoms with van der Waals surface area (Å²) in [5, 5.41) is 3.38. The highest BCUT2D eigenvalue weighted by atomic mass is 32.2. The van der Waals surface area contributed by atoms with Crippen molar-refractivity contribution >= 4 is 10.0 Å². The van der Waals surface area contributed by atoms with E-state index in [-0.39, 0.29) is 6.04 Å². The first-order chi connectivity index (χ1) is 6.13. The van der Waals surface area contributed by atoms with Gasteiger partial charge in [0.05, 0.1) is 5.75 Å². The van der Waals surface area contributed by atoms with Gasteiger partial charge < -0.3 is 5.32 Å². The van der Waals surface area contributed by atoms with Crippen molar-refractivity contribution in [3.63, 3.8) is 0 Å². The highest BCUT2D eigenvalue weighted by molar-refractivity contribution is 7.89. The Kier molecular flexibility index (Phi) is 2.33. The highest BCUT2D eigenvalue weighted by Gasteiger charge is 2.38. The molecule has 3 atom stereocenters. The van der Waals surface area contributed by atoms with E-state index in [0.29, 0.717) is 18.3 Å². The summed E-state index contributed by atoms with van der Waals surface area (Å²) in [5.74, 6) is 0.321. The average molecular weight is 204 g/mol. The fourth-order valence-electron chi connectivity index (χ4n) is 2.13. The van der Waals surface area contributed by atoms with Gasteiger partial charge in [-0.2, -0.15) is 4.31 Å². The molecule has 0 aliphatic carbocycles. The molecule has 4 nitrogen and oxygen atoms in total. The van der Waals surface area contributed by atoms with Crippen LogP contribution in [0.3, 0.4) is 0 Å². The third-order valence-electron chi connectivity index (χ3n) is 3.00. The Morgan fingerprint density at radius 2 is 2.31 bits per heavy atom. The van der Waals surface area contributed by atoms with Crippen LogP contribution in [0.2, 0.25) is 0 Å². The van der Waals surface area contributed by atoms with E-state index in [1.54, 1.807) is 4.31 Å². The molecular formula is C8H16N2O2S. The molecule has 0 aromatic heterocycles. The zero-order chi connectivity index (χ0) is 9.47. The average Bonchev–Trinajstić information content (AvgIpc) is 2.13. The first kappa shape index (κ1) is 9.43. The van der Waals surface area contributed by atoms with Gasteiger partial charge in [-0.05, 0) is 12.8 Å². The van der Waals surface area contributed by atoms with Crippen molar-refractivity contribution in [3.8, 4) is 0 Å². The van der Waals surface area contributed by atoms with Crippen molar-refractivity contribution in [2.75, 3.05) is 18.8 Å². The van der Waals surface area contributed by atoms with Crippen LogP contribution in [0.1, 0.15) is 19.8 Å². The lowest BCUT2D eigenvalue weighted by atomic mass is 10.1. The van der Waals surface area contributed by atoms with Gasteiger partial charge in [0, 0.05) is 25.2 Å². The molecule has 1 N–H and O–H groups in total. The molecule has 0 saturated carbocycles. The number of nitrogens with zero attached hydrogens (tertiary/aromatic N) is 1. The molecule has 2 bridgehead atoms. The van der Waals surface area contributed by atoms with E-state index in [4.69, 9.17) is 0 Å². The van der Waals surface area contributed by atoms with Crippen molar-refractivity contribution in [2.24, 2.45) is 0 Å². The summed E-state index contributed by atoms with van der Waals surface area (Å²) in [7, 11) is -2.92. The number of piperazine rings is 1. The molecule has 76 valence electrons. The van der Waals surface area contributed by atoms with Crippen LogP contribution in [0.25, 0.3) is 0 Å². The molecule has 0 aromatic carbocycles. The van der Waals surface area contributed by atoms with Crippen molar-refractivity contribution < 1.29 is 8.42 Å². The number of hydrogen-bond acceptors (Lipinski definition) is 3. The van der Waals surface area contributed by atoms with Crippen LogP contribution in [-0.2, 0) is 10.0 Å². The Balaban J connectivity index is 2.22. The van der Waals surface area contributed by atoms with Crippen molar-refractivity contribution in [3.05, 3.63) is 0 Å². The summed E-state index contributed by atoms with van der Waals surface area (Å²) in [4.78, 5) is 0. The summed E-state index contributed by atoms with van der Waals surface area (Å²) in [5.41, 5.74) is 0. The van der Waals surface area contributed by atoms with Crippen molar-refractivity contribution in [2.45, 2.75) is 31.8 Å². The lowest BCUT2D eigenvalue weighted by molar-refractivity contribution is 0.201. The first-order valence-electron chi connectivity index (χ1n) is 4.86. The van der Waals surface area contributed by atoms with Gasteiger partial charge in [0.25, 0.3) is 0 Å². The zero-order valence-corrected chi connectivity index (χ0v) is 8.68. The van der Waals surface area contributed by atoms with Gasteiger partial charge in [-0.15, -0.1) is 0 Å². The molecule has 2 rings (SSSR count). The molecule has 5 heteroatoms. The van der Waals surface area contributed by atoms with Crippen LogP contribution < -0.4 is 5.32 Å². The fraction of sp³-hybridized carbons (Fsp3) is 1.00. The maximum Gasteiger partial charge on any atom is 0.214 e. The third kappa shape index (κ3) is 1.60. The summed E-state index contributed by atoms with van der Waals surface area (Å²) < 4.78 is 25.0. The molecule has 0 aromatic rings. The molecule has 2 fully saturated rings. The fourth-order valence-corrected chi connectivity index (χ4v) is 4.03. The number of fused-ring (bicyclic) bond motifs is 2. The molecule has 2 aliphatic rings. The van der Waals surface area contributed by atoms with Crippen molar-refractivity contribution in [1.82, 2.24) is 9.62 Å². The maximum atomic E-state index is 11.7. The largest absolute Gasteiger partial charge is 0.311 e. The number of rotatable bonds is 1. The zero-order valence-electron chi connectivity index (χ0n) is 7.86. The van der Waals surface area contributed by atoms with E-state index in [1.165, 1.54) is 0 Å². The van der Waals surface area contributed by atoms with E-state index in [2.05, 4.69) is 5.32 Å². The minimum absolute atomic E-state index is 0.182. The predicted molar refractivity (Wildman–Crippen MR) is 51.0 cm³/mol. The van der Waals surface area contributed by atoms with Gasteiger partial charge in [-0.1, -0.05) is 6.92 Å². The van der Waals surface area contributed by atoms with Gasteiger partial charge in [0.15, 0.2) is 0 Å². The maximum absolute atomic E-state index is 11.7. The summed E-state index contributed by atoms with van der Waals surface area (Å²) in [6.45, 7) is 3.54. The van der Waals surface area contributed by atoms with Gasteiger partial charge >= 0.3 is 0 Å². The normalized spacial score (nSPS) is 43.0. The lowest BCUT2D eigenvalue weighted by Gasteiger charge is -2.42. The van der Waals surface area contributed by atoms with E-state index < -0.39 is 10.0 Å². The van der Waals surface area contributed by atoms with E-state index in [0.717, 1.165) is 19.4 Å². The van der Waals surface area contributed by atoms with Crippen LogP contribution in [0.5, 0.6) is 0 Å². The minimum atomic E-state index is -2.92.